The molecule has 0 spiro atoms. The third-order valence-corrected chi connectivity index (χ3v) is 12.8. The Kier molecular flexibility index (Phi) is 33.4. The summed E-state index contributed by atoms with van der Waals surface area (Å²) in [6.45, 7) is 18.4. The molecule has 0 saturated carbocycles. The summed E-state index contributed by atoms with van der Waals surface area (Å²) in [6.07, 6.45) is 25.0. The molecular formula is C63H92O13. The highest BCUT2D eigenvalue weighted by Crippen LogP contribution is 2.43. The van der Waals surface area contributed by atoms with E-state index in [1.807, 2.05) is 38.1 Å². The number of benzene rings is 3. The first-order valence-corrected chi connectivity index (χ1v) is 28.4. The van der Waals surface area contributed by atoms with Gasteiger partial charge in [-0.2, -0.15) is 0 Å². The van der Waals surface area contributed by atoms with Gasteiger partial charge in [0.05, 0.1) is 39.5 Å². The number of hydrogen-bond donors (Lipinski definition) is 1. The Morgan fingerprint density at radius 2 is 1.00 bits per heavy atom. The van der Waals surface area contributed by atoms with Crippen molar-refractivity contribution < 1.29 is 62.1 Å². The van der Waals surface area contributed by atoms with Gasteiger partial charge in [0.1, 0.15) is 24.2 Å². The van der Waals surface area contributed by atoms with Gasteiger partial charge in [-0.05, 0) is 94.4 Å². The lowest BCUT2D eigenvalue weighted by Gasteiger charge is -2.25. The van der Waals surface area contributed by atoms with Crippen LogP contribution in [0.2, 0.25) is 0 Å². The van der Waals surface area contributed by atoms with E-state index in [4.69, 9.17) is 42.6 Å². The number of methoxy groups -OCH3 is 1. The summed E-state index contributed by atoms with van der Waals surface area (Å²) in [4.78, 5) is 40.0. The summed E-state index contributed by atoms with van der Waals surface area (Å²) in [7, 11) is 1.50. The fraction of sp³-hybridized carbons (Fsp3) is 0.571. The van der Waals surface area contributed by atoms with Crippen LogP contribution in [-0.2, 0) is 35.2 Å². The van der Waals surface area contributed by atoms with Crippen molar-refractivity contribution in [2.75, 3.05) is 40.1 Å². The van der Waals surface area contributed by atoms with Crippen molar-refractivity contribution in [3.63, 3.8) is 0 Å². The molecule has 76 heavy (non-hydrogen) atoms. The summed E-state index contributed by atoms with van der Waals surface area (Å²) in [5, 5.41) is 9.48. The van der Waals surface area contributed by atoms with E-state index in [-0.39, 0.29) is 42.5 Å². The van der Waals surface area contributed by atoms with Crippen LogP contribution in [0.25, 0.3) is 12.2 Å². The second-order valence-corrected chi connectivity index (χ2v) is 19.2. The zero-order chi connectivity index (χ0) is 55.2. The summed E-state index contributed by atoms with van der Waals surface area (Å²) < 4.78 is 54.4. The summed E-state index contributed by atoms with van der Waals surface area (Å²) in [5.41, 5.74) is 2.72. The van der Waals surface area contributed by atoms with E-state index in [1.165, 1.54) is 19.3 Å². The lowest BCUT2D eigenvalue weighted by molar-refractivity contribution is -0.154. The van der Waals surface area contributed by atoms with Crippen molar-refractivity contribution in [1.29, 1.82) is 0 Å². The molecule has 0 aliphatic carbocycles. The molecule has 3 aromatic carbocycles. The molecule has 0 heterocycles. The van der Waals surface area contributed by atoms with Crippen LogP contribution < -0.4 is 28.4 Å². The maximum absolute atomic E-state index is 13.4. The number of aliphatic hydroxyl groups is 1. The molecule has 0 amide bonds. The van der Waals surface area contributed by atoms with E-state index < -0.39 is 18.0 Å². The Labute approximate surface area is 455 Å². The monoisotopic (exact) mass is 1060 g/mol. The van der Waals surface area contributed by atoms with E-state index in [9.17, 15) is 19.5 Å². The molecule has 0 bridgehead atoms. The number of ether oxygens (including phenoxy) is 9. The van der Waals surface area contributed by atoms with Crippen LogP contribution in [0.3, 0.4) is 0 Å². The third-order valence-electron chi connectivity index (χ3n) is 12.8. The van der Waals surface area contributed by atoms with Gasteiger partial charge in [0.25, 0.3) is 5.95 Å². The number of rotatable bonds is 43. The molecule has 3 aromatic rings. The molecule has 13 nitrogen and oxygen atoms in total. The lowest BCUT2D eigenvalue weighted by atomic mass is 9.98. The molecule has 422 valence electrons. The fourth-order valence-electron chi connectivity index (χ4n) is 7.99. The smallest absolute Gasteiger partial charge is 0.336 e. The predicted octanol–water partition coefficient (Wildman–Crippen LogP) is 15.6. The number of unbranched alkanes of at least 4 members (excludes halogenated alkanes) is 14. The maximum Gasteiger partial charge on any atom is 0.336 e. The van der Waals surface area contributed by atoms with Crippen LogP contribution in [0.1, 0.15) is 205 Å². The predicted molar refractivity (Wildman–Crippen MR) is 302 cm³/mol. The Morgan fingerprint density at radius 3 is 1.46 bits per heavy atom. The molecule has 2 unspecified atom stereocenters. The number of aliphatic hydroxyl groups excluding tert-OH is 1. The van der Waals surface area contributed by atoms with Crippen LogP contribution >= 0.6 is 0 Å². The van der Waals surface area contributed by atoms with Crippen molar-refractivity contribution in [3.05, 3.63) is 95.5 Å². The first-order chi connectivity index (χ1) is 37.0. The first kappa shape index (κ1) is 64.3. The molecule has 1 N–H and O–H groups in total. The van der Waals surface area contributed by atoms with Gasteiger partial charge in [-0.25, -0.2) is 9.59 Å². The van der Waals surface area contributed by atoms with Gasteiger partial charge >= 0.3 is 17.9 Å². The van der Waals surface area contributed by atoms with Crippen molar-refractivity contribution in [3.8, 4) is 34.5 Å². The molecule has 0 fully saturated rings. The molecule has 0 aliphatic heterocycles. The molecule has 2 atom stereocenters. The average molecular weight is 1060 g/mol. The second-order valence-electron chi connectivity index (χ2n) is 19.2. The maximum atomic E-state index is 13.4. The minimum atomic E-state index is -0.633. The van der Waals surface area contributed by atoms with Crippen LogP contribution in [0.5, 0.6) is 34.5 Å². The van der Waals surface area contributed by atoms with Crippen LogP contribution in [0, 0.1) is 5.92 Å². The Hall–Kier alpha value is -5.95. The highest BCUT2D eigenvalue weighted by molar-refractivity contribution is 5.90. The Morgan fingerprint density at radius 1 is 0.553 bits per heavy atom. The highest BCUT2D eigenvalue weighted by atomic mass is 16.7. The number of carbonyl (C=O) groups is 3. The van der Waals surface area contributed by atoms with Gasteiger partial charge in [-0.15, -0.1) is 0 Å². The van der Waals surface area contributed by atoms with Gasteiger partial charge in [-0.3, -0.25) is 4.79 Å². The summed E-state index contributed by atoms with van der Waals surface area (Å²) in [5.74, 6) is 0.913. The van der Waals surface area contributed by atoms with Crippen molar-refractivity contribution >= 4 is 30.1 Å². The minimum Gasteiger partial charge on any atom is -0.489 e. The van der Waals surface area contributed by atoms with E-state index >= 15 is 0 Å². The summed E-state index contributed by atoms with van der Waals surface area (Å²) in [6, 6.07) is 13.7. The fourth-order valence-corrected chi connectivity index (χ4v) is 7.99. The number of hydrogen-bond acceptors (Lipinski definition) is 13. The van der Waals surface area contributed by atoms with Crippen molar-refractivity contribution in [2.45, 2.75) is 189 Å². The standard InChI is InChI=1S/C63H92O13/c1-9-14-18-25-43-69-59-50(30-31-52(47-73-49(7)68-8)61(59)71-45-27-20-16-11-3)33-40-57(65)74-53-35-37-54(38-36-53)75-58(66)41-34-51-32-39-55(56(29-23-22-24-42-64)76-63(67)48(6)13-5)62(72-46-28-21-17-12-4)60(51)70-44-26-19-15-10-2/h30-41,48,56,64H,7,9-29,42-47H2,1-6,8H3/b40-33+,41-34+. The molecule has 0 aromatic heterocycles. The van der Waals surface area contributed by atoms with Crippen LogP contribution in [0.4, 0.5) is 0 Å². The molecule has 0 saturated heterocycles. The lowest BCUT2D eigenvalue weighted by Crippen LogP contribution is -2.19. The molecule has 13 heteroatoms. The van der Waals surface area contributed by atoms with E-state index in [2.05, 4.69) is 34.3 Å². The SMILES string of the molecule is C=C(OC)OCc1ccc(/C=C/C(=O)Oc2ccc(OC(=O)/C=C/c3ccc(C(CCCCCO)OC(=O)C(C)CC)c(OCCCCCC)c3OCCCCCC)cc2)c(OCCCCCC)c1OCCCCCC. The average Bonchev–Trinajstić information content (AvgIpc) is 3.43. The zero-order valence-electron chi connectivity index (χ0n) is 47.2. The normalized spacial score (nSPS) is 12.1. The van der Waals surface area contributed by atoms with Gasteiger partial charge in [0.15, 0.2) is 23.0 Å². The van der Waals surface area contributed by atoms with Crippen molar-refractivity contribution in [2.24, 2.45) is 5.92 Å². The highest BCUT2D eigenvalue weighted by Gasteiger charge is 2.27. The summed E-state index contributed by atoms with van der Waals surface area (Å²) >= 11 is 0. The molecular weight excluding hydrogens is 965 g/mol. The van der Waals surface area contributed by atoms with E-state index in [0.717, 1.165) is 121 Å². The number of carbonyl (C=O) groups excluding carboxylic acids is 3. The third kappa shape index (κ3) is 24.8. The van der Waals surface area contributed by atoms with Gasteiger partial charge in [-0.1, -0.05) is 149 Å². The molecule has 3 rings (SSSR count). The van der Waals surface area contributed by atoms with Gasteiger partial charge < -0.3 is 47.7 Å². The topological polar surface area (TPSA) is 155 Å². The first-order valence-electron chi connectivity index (χ1n) is 28.4. The largest absolute Gasteiger partial charge is 0.489 e. The van der Waals surface area contributed by atoms with E-state index in [1.54, 1.807) is 36.4 Å². The number of esters is 3. The Balaban J connectivity index is 1.88. The van der Waals surface area contributed by atoms with Crippen LogP contribution in [-0.4, -0.2) is 63.2 Å². The molecule has 0 aliphatic rings. The van der Waals surface area contributed by atoms with Crippen LogP contribution in [0.15, 0.2) is 73.2 Å². The molecule has 0 radical (unpaired) electrons. The second kappa shape index (κ2) is 39.4. The zero-order valence-corrected chi connectivity index (χ0v) is 47.2. The van der Waals surface area contributed by atoms with Gasteiger partial charge in [0, 0.05) is 41.0 Å². The quantitative estimate of drug-likeness (QED) is 0.0188. The van der Waals surface area contributed by atoms with Crippen molar-refractivity contribution in [1.82, 2.24) is 0 Å². The van der Waals surface area contributed by atoms with E-state index in [0.29, 0.717) is 85.4 Å². The Bertz CT molecular complexity index is 2180. The van der Waals surface area contributed by atoms with Gasteiger partial charge in [0.2, 0.25) is 0 Å². The minimum absolute atomic E-state index is 0.0955.